The number of hydrogen-bond donors (Lipinski definition) is 1. The van der Waals surface area contributed by atoms with Gasteiger partial charge in [0.2, 0.25) is 0 Å². The molecule has 0 aromatic carbocycles. The third kappa shape index (κ3) is 5.74. The molecule has 56 heavy (non-hydrogen) atoms. The minimum atomic E-state index is -1.17. The van der Waals surface area contributed by atoms with E-state index in [0.29, 0.717) is 41.9 Å². The Morgan fingerprint density at radius 1 is 1.00 bits per heavy atom. The molecule has 0 radical (unpaired) electrons. The molecule has 0 amide bonds. The second kappa shape index (κ2) is 13.6. The van der Waals surface area contributed by atoms with E-state index in [2.05, 4.69) is 71.0 Å². The number of rotatable bonds is 9. The number of hydrogen-bond acceptors (Lipinski definition) is 8. The number of carboxylic acids is 1. The Bertz CT molecular complexity index is 2000. The maximum absolute atomic E-state index is 14.4. The first-order valence-corrected chi connectivity index (χ1v) is 21.2. The van der Waals surface area contributed by atoms with Crippen molar-refractivity contribution in [3.8, 4) is 17.6 Å². The number of carbonyl (C=O) groups excluding carboxylic acids is 2. The molecule has 5 aliphatic carbocycles. The highest BCUT2D eigenvalue weighted by molar-refractivity contribution is 6.01. The molecule has 10 nitrogen and oxygen atoms in total. The van der Waals surface area contributed by atoms with Crippen molar-refractivity contribution in [1.82, 2.24) is 19.7 Å². The first-order chi connectivity index (χ1) is 26.2. The molecule has 7 rings (SSSR count). The summed E-state index contributed by atoms with van der Waals surface area (Å²) in [5.74, 6) is 1.60. The number of pyridine rings is 1. The highest BCUT2D eigenvalue weighted by Crippen LogP contribution is 2.76. The summed E-state index contributed by atoms with van der Waals surface area (Å²) in [4.78, 5) is 44.0. The van der Waals surface area contributed by atoms with Crippen LogP contribution in [0, 0.1) is 62.1 Å². The fourth-order valence-electron chi connectivity index (χ4n) is 13.6. The molecular weight excluding hydrogens is 703 g/mol. The molecule has 0 spiro atoms. The van der Waals surface area contributed by atoms with Crippen LogP contribution in [0.15, 0.2) is 29.5 Å². The molecule has 2 heterocycles. The molecule has 0 saturated heterocycles. The summed E-state index contributed by atoms with van der Waals surface area (Å²) in [6, 6.07) is 5.78. The third-order valence-corrected chi connectivity index (χ3v) is 16.6. The van der Waals surface area contributed by atoms with Gasteiger partial charge in [-0.1, -0.05) is 55.4 Å². The van der Waals surface area contributed by atoms with Crippen LogP contribution in [0.25, 0.3) is 11.5 Å². The number of esters is 1. The van der Waals surface area contributed by atoms with Crippen molar-refractivity contribution in [1.29, 1.82) is 5.26 Å². The monoisotopic (exact) mass is 765 g/mol. The number of nitrogens with zero attached hydrogens (tertiary/aromatic N) is 5. The standard InChI is InChI=1S/C46H63N5O5/c1-11-22-51-38(30-14-12-28(25-47)26-48-30)49-50-39(51)46-21-20-44(9)29(37(46)36(27(2)3)31(52)23-46)13-15-33-43(8)18-17-34(56-35(53)24-41(4,5)40(54)55)42(6,7)32(43)16-19-45(33,44)10/h12,14,26-27,29,32-34H,11,13,15-24H2,1-10H3,(H,54,55)/t29-,32?,33-,34+,43+,44-,45-,46-/m1/s1. The van der Waals surface area contributed by atoms with Gasteiger partial charge in [0.1, 0.15) is 23.7 Å². The summed E-state index contributed by atoms with van der Waals surface area (Å²) in [5, 5.41) is 28.8. The highest BCUT2D eigenvalue weighted by atomic mass is 16.5. The molecular formula is C46H63N5O5. The van der Waals surface area contributed by atoms with Crippen LogP contribution in [-0.2, 0) is 31.1 Å². The van der Waals surface area contributed by atoms with Crippen LogP contribution in [0.1, 0.15) is 151 Å². The molecule has 0 aliphatic heterocycles. The van der Waals surface area contributed by atoms with Crippen molar-refractivity contribution in [2.75, 3.05) is 0 Å². The average Bonchev–Trinajstić information content (AvgIpc) is 3.68. The molecule has 5 aliphatic rings. The van der Waals surface area contributed by atoms with Gasteiger partial charge in [0.05, 0.1) is 22.8 Å². The van der Waals surface area contributed by atoms with Gasteiger partial charge in [-0.15, -0.1) is 10.2 Å². The number of Topliss-reactive ketones (excluding diaryl/α,β-unsaturated/α-hetero) is 1. The maximum atomic E-state index is 14.4. The predicted octanol–water partition coefficient (Wildman–Crippen LogP) is 9.27. The Morgan fingerprint density at radius 3 is 2.36 bits per heavy atom. The van der Waals surface area contributed by atoms with Crippen molar-refractivity contribution < 1.29 is 24.2 Å². The summed E-state index contributed by atoms with van der Waals surface area (Å²) >= 11 is 0. The van der Waals surface area contributed by atoms with Gasteiger partial charge in [-0.3, -0.25) is 19.4 Å². The molecule has 2 aromatic heterocycles. The third-order valence-electron chi connectivity index (χ3n) is 16.6. The average molecular weight is 766 g/mol. The minimum absolute atomic E-state index is 0.0313. The van der Waals surface area contributed by atoms with E-state index in [1.165, 1.54) is 5.57 Å². The number of aliphatic carboxylic acids is 1. The van der Waals surface area contributed by atoms with E-state index in [0.717, 1.165) is 69.2 Å². The smallest absolute Gasteiger partial charge is 0.309 e. The van der Waals surface area contributed by atoms with Crippen LogP contribution in [0.3, 0.4) is 0 Å². The van der Waals surface area contributed by atoms with Crippen LogP contribution >= 0.6 is 0 Å². The highest BCUT2D eigenvalue weighted by Gasteiger charge is 2.71. The zero-order chi connectivity index (χ0) is 40.8. The summed E-state index contributed by atoms with van der Waals surface area (Å²) in [6.07, 6.45) is 10.3. The topological polar surface area (TPSA) is 148 Å². The normalized spacial score (nSPS) is 34.9. The number of carbonyl (C=O) groups is 3. The summed E-state index contributed by atoms with van der Waals surface area (Å²) in [5.41, 5.74) is 1.64. The first kappa shape index (κ1) is 40.3. The Morgan fingerprint density at radius 2 is 1.73 bits per heavy atom. The Balaban J connectivity index is 1.24. The zero-order valence-corrected chi connectivity index (χ0v) is 35.4. The number of carboxylic acid groups (broad SMARTS) is 1. The summed E-state index contributed by atoms with van der Waals surface area (Å²) in [6.45, 7) is 22.6. The van der Waals surface area contributed by atoms with E-state index in [9.17, 15) is 24.8 Å². The van der Waals surface area contributed by atoms with Crippen molar-refractivity contribution in [3.63, 3.8) is 0 Å². The Kier molecular flexibility index (Phi) is 9.81. The first-order valence-electron chi connectivity index (χ1n) is 21.2. The quantitative estimate of drug-likeness (QED) is 0.247. The van der Waals surface area contributed by atoms with Crippen LogP contribution in [-0.4, -0.2) is 48.7 Å². The van der Waals surface area contributed by atoms with Crippen LogP contribution < -0.4 is 0 Å². The molecule has 4 saturated carbocycles. The van der Waals surface area contributed by atoms with Gasteiger partial charge < -0.3 is 14.4 Å². The van der Waals surface area contributed by atoms with Crippen molar-refractivity contribution in [3.05, 3.63) is 40.9 Å². The molecule has 8 atom stereocenters. The second-order valence-corrected chi connectivity index (χ2v) is 20.5. The fourth-order valence-corrected chi connectivity index (χ4v) is 13.6. The van der Waals surface area contributed by atoms with E-state index in [-0.39, 0.29) is 51.8 Å². The molecule has 2 aromatic rings. The molecule has 1 unspecified atom stereocenters. The number of ether oxygens (including phenoxy) is 1. The van der Waals surface area contributed by atoms with Crippen molar-refractivity contribution in [2.45, 2.75) is 158 Å². The van der Waals surface area contributed by atoms with Gasteiger partial charge in [-0.2, -0.15) is 5.26 Å². The number of fused-ring (bicyclic) bond motifs is 7. The van der Waals surface area contributed by atoms with Crippen molar-refractivity contribution >= 4 is 17.7 Å². The lowest BCUT2D eigenvalue weighted by Crippen LogP contribution is -2.66. The SMILES string of the molecule is CCCn1c(-c2ccc(C#N)cn2)nnc1[C@@]12CC[C@]3(C)[C@H](CC[C@@H]4[C@@]5(C)CC[C@H](OC(=O)CC(C)(C)C(=O)O)C(C)(C)C5CC[C@]43C)C1=C(C(C)C)C(=O)C2. The van der Waals surface area contributed by atoms with Crippen molar-refractivity contribution in [2.24, 2.45) is 50.7 Å². The predicted molar refractivity (Wildman–Crippen MR) is 213 cm³/mol. The Hall–Kier alpha value is -3.87. The largest absolute Gasteiger partial charge is 0.481 e. The van der Waals surface area contributed by atoms with E-state index >= 15 is 0 Å². The van der Waals surface area contributed by atoms with Gasteiger partial charge in [0.25, 0.3) is 0 Å². The summed E-state index contributed by atoms with van der Waals surface area (Å²) < 4.78 is 8.42. The van der Waals surface area contributed by atoms with E-state index < -0.39 is 22.8 Å². The maximum Gasteiger partial charge on any atom is 0.309 e. The molecule has 1 N–H and O–H groups in total. The van der Waals surface area contributed by atoms with Crippen LogP contribution in [0.2, 0.25) is 0 Å². The lowest BCUT2D eigenvalue weighted by molar-refractivity contribution is -0.232. The number of ketones is 1. The van der Waals surface area contributed by atoms with E-state index in [1.807, 2.05) is 6.07 Å². The molecule has 10 heteroatoms. The fraction of sp³-hybridized carbons (Fsp3) is 0.717. The van der Waals surface area contributed by atoms with Gasteiger partial charge in [0, 0.05) is 24.6 Å². The lowest BCUT2D eigenvalue weighted by atomic mass is 9.33. The van der Waals surface area contributed by atoms with Crippen LogP contribution in [0.4, 0.5) is 0 Å². The zero-order valence-electron chi connectivity index (χ0n) is 35.4. The van der Waals surface area contributed by atoms with Gasteiger partial charge >= 0.3 is 11.9 Å². The van der Waals surface area contributed by atoms with Crippen LogP contribution in [0.5, 0.6) is 0 Å². The Labute approximate surface area is 333 Å². The van der Waals surface area contributed by atoms with Gasteiger partial charge in [0.15, 0.2) is 11.6 Å². The number of allylic oxidation sites excluding steroid dienone is 2. The van der Waals surface area contributed by atoms with Gasteiger partial charge in [-0.25, -0.2) is 0 Å². The number of aromatic nitrogens is 4. The second-order valence-electron chi connectivity index (χ2n) is 20.5. The van der Waals surface area contributed by atoms with Gasteiger partial charge in [-0.05, 0) is 135 Å². The summed E-state index contributed by atoms with van der Waals surface area (Å²) in [7, 11) is 0. The van der Waals surface area contributed by atoms with E-state index in [4.69, 9.17) is 14.9 Å². The lowest BCUT2D eigenvalue weighted by Gasteiger charge is -2.72. The molecule has 302 valence electrons. The molecule has 4 fully saturated rings. The molecule has 0 bridgehead atoms. The van der Waals surface area contributed by atoms with E-state index in [1.54, 1.807) is 26.1 Å². The number of nitriles is 1. The minimum Gasteiger partial charge on any atom is -0.481 e.